The molecular weight excluding hydrogens is 567 g/mol. The van der Waals surface area contributed by atoms with Gasteiger partial charge in [0, 0.05) is 49.5 Å². The number of benzene rings is 1. The maximum absolute atomic E-state index is 14.6. The monoisotopic (exact) mass is 600 g/mol. The Labute approximate surface area is 239 Å². The number of rotatable bonds is 7. The summed E-state index contributed by atoms with van der Waals surface area (Å²) in [6.45, 7) is 3.37. The highest BCUT2D eigenvalue weighted by Gasteiger charge is 2.66. The molecule has 2 N–H and O–H groups in total. The second-order valence-corrected chi connectivity index (χ2v) is 10.8. The highest BCUT2D eigenvalue weighted by molar-refractivity contribution is 5.98. The first-order valence-electron chi connectivity index (χ1n) is 13.3. The molecule has 2 aliphatic rings. The molecule has 42 heavy (non-hydrogen) atoms. The van der Waals surface area contributed by atoms with Crippen LogP contribution in [-0.2, 0) is 14.3 Å². The Morgan fingerprint density at radius 2 is 1.90 bits per heavy atom. The number of carbonyl (C=O) groups is 2. The van der Waals surface area contributed by atoms with E-state index >= 15 is 0 Å². The highest BCUT2D eigenvalue weighted by Crippen LogP contribution is 2.55. The van der Waals surface area contributed by atoms with Crippen LogP contribution in [0.5, 0.6) is 5.75 Å². The minimum atomic E-state index is -4.90. The topological polar surface area (TPSA) is 102 Å². The summed E-state index contributed by atoms with van der Waals surface area (Å²) in [5, 5.41) is 5.37. The first-order chi connectivity index (χ1) is 19.7. The van der Waals surface area contributed by atoms with Gasteiger partial charge in [-0.1, -0.05) is 13.0 Å². The van der Waals surface area contributed by atoms with E-state index < -0.39 is 58.9 Å². The van der Waals surface area contributed by atoms with Crippen LogP contribution in [0, 0.1) is 17.6 Å². The molecule has 0 aliphatic carbocycles. The Hall–Kier alpha value is -3.36. The van der Waals surface area contributed by atoms with Crippen molar-refractivity contribution >= 4 is 17.5 Å². The van der Waals surface area contributed by atoms with Crippen molar-refractivity contribution in [2.24, 2.45) is 5.92 Å². The van der Waals surface area contributed by atoms with E-state index in [-0.39, 0.29) is 29.1 Å². The van der Waals surface area contributed by atoms with Crippen LogP contribution in [-0.4, -0.2) is 86.1 Å². The van der Waals surface area contributed by atoms with Gasteiger partial charge in [-0.3, -0.25) is 14.6 Å². The molecule has 9 nitrogen and oxygen atoms in total. The number of piperidine rings is 1. The quantitative estimate of drug-likeness (QED) is 0.465. The fraction of sp³-hybridized carbons (Fsp3) is 0.536. The van der Waals surface area contributed by atoms with E-state index in [2.05, 4.69) is 15.6 Å². The van der Waals surface area contributed by atoms with E-state index in [1.807, 2.05) is 11.9 Å². The molecule has 0 unspecified atom stereocenters. The number of hydrogen-bond donors (Lipinski definition) is 2. The molecule has 1 aromatic heterocycles. The summed E-state index contributed by atoms with van der Waals surface area (Å²) in [4.78, 5) is 32.6. The first-order valence-corrected chi connectivity index (χ1v) is 13.3. The Balaban J connectivity index is 1.61. The number of anilines is 1. The average molecular weight is 601 g/mol. The van der Waals surface area contributed by atoms with Crippen molar-refractivity contribution in [3.63, 3.8) is 0 Å². The lowest BCUT2D eigenvalue weighted by molar-refractivity contribution is -0.272. The van der Waals surface area contributed by atoms with Gasteiger partial charge in [-0.05, 0) is 38.6 Å². The molecule has 230 valence electrons. The number of alkyl halides is 3. The van der Waals surface area contributed by atoms with Gasteiger partial charge in [0.2, 0.25) is 5.82 Å². The van der Waals surface area contributed by atoms with Gasteiger partial charge in [-0.25, -0.2) is 4.39 Å². The molecule has 2 aliphatic heterocycles. The highest BCUT2D eigenvalue weighted by atomic mass is 19.4. The molecule has 3 heterocycles. The van der Waals surface area contributed by atoms with Crippen LogP contribution < -0.4 is 15.4 Å². The minimum absolute atomic E-state index is 0.0458. The molecular formula is C28H33F5N4O5. The zero-order chi connectivity index (χ0) is 31.0. The molecule has 2 aromatic rings. The first kappa shape index (κ1) is 31.6. The number of halogens is 5. The van der Waals surface area contributed by atoms with Crippen LogP contribution in [0.2, 0.25) is 0 Å². The van der Waals surface area contributed by atoms with Crippen molar-refractivity contribution < 1.29 is 45.8 Å². The van der Waals surface area contributed by atoms with Crippen LogP contribution in [0.1, 0.15) is 42.2 Å². The van der Waals surface area contributed by atoms with Gasteiger partial charge in [-0.2, -0.15) is 17.6 Å². The van der Waals surface area contributed by atoms with E-state index in [0.717, 1.165) is 32.7 Å². The second kappa shape index (κ2) is 12.1. The van der Waals surface area contributed by atoms with Crippen molar-refractivity contribution in [1.29, 1.82) is 0 Å². The zero-order valence-corrected chi connectivity index (χ0v) is 23.7. The van der Waals surface area contributed by atoms with E-state index in [1.54, 1.807) is 7.11 Å². The number of aromatic nitrogens is 1. The fourth-order valence-corrected chi connectivity index (χ4v) is 5.64. The number of likely N-dealkylation sites (N-methyl/N-ethyl adjacent to an activating group) is 1. The smallest absolute Gasteiger partial charge is 0.417 e. The van der Waals surface area contributed by atoms with Gasteiger partial charge in [0.1, 0.15) is 11.8 Å². The van der Waals surface area contributed by atoms with Crippen molar-refractivity contribution in [2.45, 2.75) is 56.2 Å². The molecule has 0 saturated carbocycles. The van der Waals surface area contributed by atoms with Crippen molar-refractivity contribution in [2.75, 3.05) is 39.7 Å². The van der Waals surface area contributed by atoms with E-state index in [0.29, 0.717) is 13.0 Å². The lowest BCUT2D eigenvalue weighted by Gasteiger charge is -2.36. The molecule has 0 bridgehead atoms. The normalized spacial score (nSPS) is 28.4. The van der Waals surface area contributed by atoms with Gasteiger partial charge in [-0.15, -0.1) is 0 Å². The van der Waals surface area contributed by atoms with E-state index in [1.165, 1.54) is 25.3 Å². The Morgan fingerprint density at radius 1 is 1.19 bits per heavy atom. The molecule has 2 saturated heterocycles. The number of hydrogen-bond acceptors (Lipinski definition) is 7. The molecule has 14 heteroatoms. The number of carbonyl (C=O) groups excluding carboxylic acids is 2. The summed E-state index contributed by atoms with van der Waals surface area (Å²) < 4.78 is 87.0. The Bertz CT molecular complexity index is 1330. The van der Waals surface area contributed by atoms with Crippen molar-refractivity contribution in [3.05, 3.63) is 53.4 Å². The Morgan fingerprint density at radius 3 is 2.55 bits per heavy atom. The average Bonchev–Trinajstić information content (AvgIpc) is 3.22. The molecule has 1 aromatic carbocycles. The van der Waals surface area contributed by atoms with Crippen LogP contribution in [0.4, 0.5) is 27.6 Å². The third kappa shape index (κ3) is 5.92. The van der Waals surface area contributed by atoms with E-state index in [9.17, 15) is 31.5 Å². The lowest BCUT2D eigenvalue weighted by atomic mass is 9.77. The number of pyridine rings is 1. The van der Waals surface area contributed by atoms with Crippen LogP contribution >= 0.6 is 0 Å². The third-order valence-electron chi connectivity index (χ3n) is 8.20. The van der Waals surface area contributed by atoms with Crippen molar-refractivity contribution in [3.8, 4) is 5.75 Å². The summed E-state index contributed by atoms with van der Waals surface area (Å²) in [6.07, 6.45) is -4.92. The maximum Gasteiger partial charge on any atom is 0.417 e. The summed E-state index contributed by atoms with van der Waals surface area (Å²) in [5.41, 5.74) is -2.94. The summed E-state index contributed by atoms with van der Waals surface area (Å²) in [5.74, 6) is -7.59. The number of amides is 2. The molecule has 2 fully saturated rings. The lowest BCUT2D eigenvalue weighted by Crippen LogP contribution is -2.54. The number of likely N-dealkylation sites (tertiary alicyclic amines) is 1. The number of nitrogens with one attached hydrogen (secondary N) is 2. The predicted molar refractivity (Wildman–Crippen MR) is 141 cm³/mol. The van der Waals surface area contributed by atoms with E-state index in [4.69, 9.17) is 14.2 Å². The largest absolute Gasteiger partial charge is 0.493 e. The van der Waals surface area contributed by atoms with Gasteiger partial charge in [0.25, 0.3) is 11.8 Å². The third-order valence-corrected chi connectivity index (χ3v) is 8.20. The standard InChI is InChI=1S/C28H33F5N4O5/c1-14-21(16-6-7-17(29)22(30)23(16)41-5)24(42-27(14,2)28(31,32)33)26(39)35-15-8-10-34-18(12-15)25(38)36-19-13-37(3)11-9-20(19)40-4/h6-8,10,12,14,19-21,24H,9,11,13H2,1-5H3,(H,36,38)(H,34,35,39)/t14-,19-,20+,21-,24+,27+/m0/s1. The Kier molecular flexibility index (Phi) is 9.09. The number of nitrogens with zero attached hydrogens (tertiary/aromatic N) is 2. The second-order valence-electron chi connectivity index (χ2n) is 10.8. The molecule has 4 rings (SSSR count). The predicted octanol–water partition coefficient (Wildman–Crippen LogP) is 3.90. The summed E-state index contributed by atoms with van der Waals surface area (Å²) in [7, 11) is 4.52. The van der Waals surface area contributed by atoms with Gasteiger partial charge >= 0.3 is 6.18 Å². The van der Waals surface area contributed by atoms with Gasteiger partial charge < -0.3 is 29.7 Å². The molecule has 2 amide bonds. The number of ether oxygens (including phenoxy) is 3. The van der Waals surface area contributed by atoms with Crippen LogP contribution in [0.3, 0.4) is 0 Å². The minimum Gasteiger partial charge on any atom is -0.493 e. The summed E-state index contributed by atoms with van der Waals surface area (Å²) >= 11 is 0. The fourth-order valence-electron chi connectivity index (χ4n) is 5.64. The van der Waals surface area contributed by atoms with Gasteiger partial charge in [0.15, 0.2) is 17.2 Å². The van der Waals surface area contributed by atoms with Crippen LogP contribution in [0.25, 0.3) is 0 Å². The SMILES string of the molecule is COc1c([C@H]2[C@H](C(=O)Nc3ccnc(C(=O)N[C@H]4CN(C)CC[C@H]4OC)c3)O[C@@](C)(C(F)(F)F)[C@H]2C)ccc(F)c1F. The van der Waals surface area contributed by atoms with Crippen molar-refractivity contribution in [1.82, 2.24) is 15.2 Å². The summed E-state index contributed by atoms with van der Waals surface area (Å²) in [6, 6.07) is 4.14. The molecule has 0 spiro atoms. The maximum atomic E-state index is 14.6. The zero-order valence-electron chi connectivity index (χ0n) is 23.7. The van der Waals surface area contributed by atoms with Crippen LogP contribution in [0.15, 0.2) is 30.5 Å². The van der Waals surface area contributed by atoms with Gasteiger partial charge in [0.05, 0.1) is 19.3 Å². The molecule has 0 radical (unpaired) electrons. The number of methoxy groups -OCH3 is 2. The molecule has 6 atom stereocenters.